The van der Waals surface area contributed by atoms with Crippen molar-refractivity contribution in [1.82, 2.24) is 10.2 Å². The van der Waals surface area contributed by atoms with Crippen LogP contribution >= 0.6 is 23.7 Å². The average molecular weight is 391 g/mol. The number of carbonyl (C=O) groups is 1. The summed E-state index contributed by atoms with van der Waals surface area (Å²) in [7, 11) is 0. The van der Waals surface area contributed by atoms with Crippen molar-refractivity contribution in [3.8, 4) is 0 Å². The first-order valence-electron chi connectivity index (χ1n) is 9.09. The third-order valence-electron chi connectivity index (χ3n) is 5.72. The van der Waals surface area contributed by atoms with Crippen LogP contribution in [-0.4, -0.2) is 30.5 Å². The third kappa shape index (κ3) is 2.87. The Morgan fingerprint density at radius 3 is 2.50 bits per heavy atom. The second-order valence-corrected chi connectivity index (χ2v) is 8.29. The first-order valence-corrected chi connectivity index (χ1v) is 9.91. The SMILES string of the molecule is Cl.O=C(c1cc2c(s1)C1(CCNCC1)OCC2)N1Cc2ccccc2C1. The number of fused-ring (bicyclic) bond motifs is 3. The summed E-state index contributed by atoms with van der Waals surface area (Å²) in [6, 6.07) is 10.5. The monoisotopic (exact) mass is 390 g/mol. The zero-order valence-corrected chi connectivity index (χ0v) is 16.3. The van der Waals surface area contributed by atoms with Crippen LogP contribution in [0.1, 0.15) is 44.1 Å². The molecule has 4 heterocycles. The van der Waals surface area contributed by atoms with Crippen molar-refractivity contribution in [2.24, 2.45) is 0 Å². The van der Waals surface area contributed by atoms with Crippen LogP contribution in [0.4, 0.5) is 0 Å². The Kier molecular flexibility index (Phi) is 4.82. The molecular weight excluding hydrogens is 368 g/mol. The number of nitrogens with one attached hydrogen (secondary N) is 1. The number of ether oxygens (including phenoxy) is 1. The highest BCUT2D eigenvalue weighted by Crippen LogP contribution is 2.44. The van der Waals surface area contributed by atoms with Gasteiger partial charge in [-0.25, -0.2) is 0 Å². The van der Waals surface area contributed by atoms with E-state index in [-0.39, 0.29) is 23.9 Å². The fraction of sp³-hybridized carbons (Fsp3) is 0.450. The number of hydrogen-bond acceptors (Lipinski definition) is 4. The minimum absolute atomic E-state index is 0. The molecule has 0 saturated carbocycles. The number of halogens is 1. The lowest BCUT2D eigenvalue weighted by Crippen LogP contribution is -2.43. The normalized spacial score (nSPS) is 20.4. The van der Waals surface area contributed by atoms with Gasteiger partial charge < -0.3 is 15.0 Å². The van der Waals surface area contributed by atoms with E-state index >= 15 is 0 Å². The molecule has 4 nitrogen and oxygen atoms in total. The first kappa shape index (κ1) is 18.0. The molecule has 1 fully saturated rings. The van der Waals surface area contributed by atoms with Crippen molar-refractivity contribution < 1.29 is 9.53 Å². The summed E-state index contributed by atoms with van der Waals surface area (Å²) in [5.41, 5.74) is 3.72. The van der Waals surface area contributed by atoms with Crippen LogP contribution in [0.2, 0.25) is 0 Å². The predicted molar refractivity (Wildman–Crippen MR) is 105 cm³/mol. The maximum Gasteiger partial charge on any atom is 0.264 e. The fourth-order valence-corrected chi connectivity index (χ4v) is 5.74. The molecule has 1 saturated heterocycles. The highest BCUT2D eigenvalue weighted by atomic mass is 35.5. The molecule has 1 aromatic carbocycles. The molecule has 6 heteroatoms. The standard InChI is InChI=1S/C20H22N2O2S.ClH/c23-19(22-12-15-3-1-2-4-16(15)13-22)17-11-14-5-10-24-20(18(14)25-17)6-8-21-9-7-20;/h1-4,11,21H,5-10,12-13H2;1H. The topological polar surface area (TPSA) is 41.6 Å². The van der Waals surface area contributed by atoms with Gasteiger partial charge in [-0.3, -0.25) is 4.79 Å². The Bertz CT molecular complexity index is 804. The fourth-order valence-electron chi connectivity index (χ4n) is 4.36. The molecule has 1 N–H and O–H groups in total. The van der Waals surface area contributed by atoms with E-state index in [0.29, 0.717) is 0 Å². The molecule has 1 spiro atoms. The van der Waals surface area contributed by atoms with Crippen LogP contribution in [0.5, 0.6) is 0 Å². The van der Waals surface area contributed by atoms with Gasteiger partial charge in [0, 0.05) is 18.0 Å². The number of hydrogen-bond donors (Lipinski definition) is 1. The minimum atomic E-state index is -0.157. The van der Waals surface area contributed by atoms with Crippen LogP contribution in [0.3, 0.4) is 0 Å². The van der Waals surface area contributed by atoms with E-state index in [9.17, 15) is 4.79 Å². The molecule has 0 atom stereocenters. The van der Waals surface area contributed by atoms with Crippen LogP contribution in [0, 0.1) is 0 Å². The van der Waals surface area contributed by atoms with Crippen molar-refractivity contribution >= 4 is 29.7 Å². The number of nitrogens with zero attached hydrogens (tertiary/aromatic N) is 1. The summed E-state index contributed by atoms with van der Waals surface area (Å²) in [6.45, 7) is 4.20. The number of carbonyl (C=O) groups excluding carboxylic acids is 1. The maximum absolute atomic E-state index is 13.1. The van der Waals surface area contributed by atoms with Crippen LogP contribution in [0.25, 0.3) is 0 Å². The largest absolute Gasteiger partial charge is 0.369 e. The Balaban J connectivity index is 0.00000168. The van der Waals surface area contributed by atoms with Gasteiger partial charge in [-0.2, -0.15) is 0 Å². The molecule has 138 valence electrons. The van der Waals surface area contributed by atoms with E-state index in [4.69, 9.17) is 4.74 Å². The quantitative estimate of drug-likeness (QED) is 0.810. The van der Waals surface area contributed by atoms with E-state index in [1.807, 2.05) is 4.90 Å². The van der Waals surface area contributed by atoms with Crippen molar-refractivity contribution in [1.29, 1.82) is 0 Å². The summed E-state index contributed by atoms with van der Waals surface area (Å²) in [5.74, 6) is 0.166. The Labute approximate surface area is 163 Å². The molecule has 5 rings (SSSR count). The Morgan fingerprint density at radius 1 is 1.12 bits per heavy atom. The number of amides is 1. The predicted octanol–water partition coefficient (Wildman–Crippen LogP) is 3.48. The molecule has 0 bridgehead atoms. The van der Waals surface area contributed by atoms with Crippen molar-refractivity contribution in [2.75, 3.05) is 19.7 Å². The van der Waals surface area contributed by atoms with Crippen molar-refractivity contribution in [3.63, 3.8) is 0 Å². The van der Waals surface area contributed by atoms with Gasteiger partial charge in [0.1, 0.15) is 5.60 Å². The third-order valence-corrected chi connectivity index (χ3v) is 7.07. The van der Waals surface area contributed by atoms with E-state index in [1.54, 1.807) is 11.3 Å². The zero-order chi connectivity index (χ0) is 16.9. The van der Waals surface area contributed by atoms with Crippen LogP contribution in [0.15, 0.2) is 30.3 Å². The molecular formula is C20H23ClN2O2S. The van der Waals surface area contributed by atoms with Gasteiger partial charge in [-0.15, -0.1) is 23.7 Å². The molecule has 0 unspecified atom stereocenters. The summed E-state index contributed by atoms with van der Waals surface area (Å²) in [6.07, 6.45) is 2.93. The van der Waals surface area contributed by atoms with Gasteiger partial charge >= 0.3 is 0 Å². The number of thiophene rings is 1. The minimum Gasteiger partial charge on any atom is -0.369 e. The summed E-state index contributed by atoms with van der Waals surface area (Å²) in [4.78, 5) is 17.2. The van der Waals surface area contributed by atoms with Gasteiger partial charge in [0.25, 0.3) is 5.91 Å². The number of rotatable bonds is 1. The molecule has 0 aliphatic carbocycles. The van der Waals surface area contributed by atoms with Crippen LogP contribution < -0.4 is 5.32 Å². The summed E-state index contributed by atoms with van der Waals surface area (Å²) in [5, 5.41) is 3.42. The lowest BCUT2D eigenvalue weighted by Gasteiger charge is -2.40. The van der Waals surface area contributed by atoms with Gasteiger partial charge in [0.05, 0.1) is 11.5 Å². The molecule has 1 aromatic heterocycles. The lowest BCUT2D eigenvalue weighted by molar-refractivity contribution is -0.0771. The Hall–Kier alpha value is -1.40. The molecule has 1 amide bonds. The van der Waals surface area contributed by atoms with E-state index in [2.05, 4.69) is 35.6 Å². The van der Waals surface area contributed by atoms with E-state index in [1.165, 1.54) is 21.6 Å². The van der Waals surface area contributed by atoms with E-state index < -0.39 is 0 Å². The molecule has 2 aromatic rings. The lowest BCUT2D eigenvalue weighted by atomic mass is 9.86. The van der Waals surface area contributed by atoms with Crippen molar-refractivity contribution in [3.05, 3.63) is 56.8 Å². The molecule has 26 heavy (non-hydrogen) atoms. The second-order valence-electron chi connectivity index (χ2n) is 7.24. The first-order chi connectivity index (χ1) is 12.3. The van der Waals surface area contributed by atoms with Gasteiger partial charge in [0.15, 0.2) is 0 Å². The van der Waals surface area contributed by atoms with Crippen LogP contribution in [-0.2, 0) is 29.8 Å². The van der Waals surface area contributed by atoms with Gasteiger partial charge in [0.2, 0.25) is 0 Å². The second kappa shape index (κ2) is 6.97. The summed E-state index contributed by atoms with van der Waals surface area (Å²) >= 11 is 1.67. The summed E-state index contributed by atoms with van der Waals surface area (Å²) < 4.78 is 6.25. The maximum atomic E-state index is 13.1. The highest BCUT2D eigenvalue weighted by molar-refractivity contribution is 7.14. The van der Waals surface area contributed by atoms with Gasteiger partial charge in [-0.05, 0) is 55.1 Å². The smallest absolute Gasteiger partial charge is 0.264 e. The average Bonchev–Trinajstić information content (AvgIpc) is 3.27. The Morgan fingerprint density at radius 2 is 1.81 bits per heavy atom. The number of piperidine rings is 1. The number of benzene rings is 1. The molecule has 3 aliphatic heterocycles. The highest BCUT2D eigenvalue weighted by Gasteiger charge is 2.41. The molecule has 0 radical (unpaired) electrons. The molecule has 3 aliphatic rings. The van der Waals surface area contributed by atoms with Crippen molar-refractivity contribution in [2.45, 2.75) is 38.0 Å². The van der Waals surface area contributed by atoms with E-state index in [0.717, 1.165) is 56.9 Å². The van der Waals surface area contributed by atoms with Gasteiger partial charge in [-0.1, -0.05) is 24.3 Å². The zero-order valence-electron chi connectivity index (χ0n) is 14.6.